The van der Waals surface area contributed by atoms with Gasteiger partial charge in [-0.1, -0.05) is 0 Å². The summed E-state index contributed by atoms with van der Waals surface area (Å²) in [5.41, 5.74) is 0.921. The molecule has 0 spiro atoms. The van der Waals surface area contributed by atoms with Gasteiger partial charge in [-0.05, 0) is 26.7 Å². The largest absolute Gasteiger partial charge is 0.474 e. The predicted molar refractivity (Wildman–Crippen MR) is 68.5 cm³/mol. The first-order chi connectivity index (χ1) is 8.74. The molecule has 1 N–H and O–H groups in total. The maximum atomic E-state index is 5.49. The molecule has 1 aromatic rings. The summed E-state index contributed by atoms with van der Waals surface area (Å²) < 4.78 is 10.9. The molecular weight excluding hydrogens is 230 g/mol. The number of aromatic nitrogens is 2. The second-order valence-electron chi connectivity index (χ2n) is 4.77. The maximum absolute atomic E-state index is 5.49. The van der Waals surface area contributed by atoms with E-state index in [0.717, 1.165) is 12.2 Å². The molecule has 1 heterocycles. The van der Waals surface area contributed by atoms with Crippen molar-refractivity contribution in [1.82, 2.24) is 15.3 Å². The molecule has 5 nitrogen and oxygen atoms in total. The summed E-state index contributed by atoms with van der Waals surface area (Å²) in [6.07, 6.45) is 6.18. The van der Waals surface area contributed by atoms with Gasteiger partial charge in [-0.3, -0.25) is 4.98 Å². The fraction of sp³-hybridized carbons (Fsp3) is 0.692. The quantitative estimate of drug-likeness (QED) is 0.710. The van der Waals surface area contributed by atoms with E-state index in [2.05, 4.69) is 15.3 Å². The Morgan fingerprint density at radius 1 is 1.33 bits per heavy atom. The summed E-state index contributed by atoms with van der Waals surface area (Å²) in [5, 5.41) is 3.40. The molecule has 0 bridgehead atoms. The molecule has 0 aromatic carbocycles. The number of ether oxygens (including phenoxy) is 2. The lowest BCUT2D eigenvalue weighted by Crippen LogP contribution is -2.17. The van der Waals surface area contributed by atoms with Crippen LogP contribution in [-0.4, -0.2) is 35.3 Å². The molecule has 100 valence electrons. The monoisotopic (exact) mass is 251 g/mol. The van der Waals surface area contributed by atoms with Crippen molar-refractivity contribution in [2.75, 3.05) is 13.2 Å². The van der Waals surface area contributed by atoms with E-state index in [-0.39, 0.29) is 6.10 Å². The Bertz CT molecular complexity index is 367. The molecule has 2 rings (SSSR count). The van der Waals surface area contributed by atoms with Gasteiger partial charge in [0.2, 0.25) is 5.88 Å². The highest BCUT2D eigenvalue weighted by Crippen LogP contribution is 2.19. The minimum Gasteiger partial charge on any atom is -0.474 e. The summed E-state index contributed by atoms with van der Waals surface area (Å²) in [6, 6.07) is 0.677. The van der Waals surface area contributed by atoms with Crippen LogP contribution in [0.5, 0.6) is 5.88 Å². The van der Waals surface area contributed by atoms with Crippen LogP contribution >= 0.6 is 0 Å². The van der Waals surface area contributed by atoms with Gasteiger partial charge < -0.3 is 14.8 Å². The number of nitrogens with one attached hydrogen (secondary N) is 1. The van der Waals surface area contributed by atoms with Gasteiger partial charge in [0.05, 0.1) is 24.6 Å². The second kappa shape index (κ2) is 6.66. The van der Waals surface area contributed by atoms with Crippen LogP contribution in [0.1, 0.15) is 32.4 Å². The molecule has 1 saturated carbocycles. The predicted octanol–water partition coefficient (Wildman–Crippen LogP) is 1.53. The van der Waals surface area contributed by atoms with E-state index in [9.17, 15) is 0 Å². The van der Waals surface area contributed by atoms with Crippen LogP contribution in [0.4, 0.5) is 0 Å². The van der Waals surface area contributed by atoms with E-state index in [1.165, 1.54) is 12.8 Å². The van der Waals surface area contributed by atoms with Crippen molar-refractivity contribution in [3.63, 3.8) is 0 Å². The van der Waals surface area contributed by atoms with Gasteiger partial charge in [0, 0.05) is 18.8 Å². The molecule has 1 fully saturated rings. The molecule has 18 heavy (non-hydrogen) atoms. The van der Waals surface area contributed by atoms with Crippen LogP contribution in [0.25, 0.3) is 0 Å². The molecule has 0 aliphatic heterocycles. The van der Waals surface area contributed by atoms with Crippen molar-refractivity contribution in [1.29, 1.82) is 0 Å². The SMILES string of the molecule is CC(C)OCCOc1cncc(CNC2CC2)n1. The van der Waals surface area contributed by atoms with Gasteiger partial charge in [-0.15, -0.1) is 0 Å². The standard InChI is InChI=1S/C13H21N3O2/c1-10(2)17-5-6-18-13-9-14-7-12(16-13)8-15-11-3-4-11/h7,9-11,15H,3-6,8H2,1-2H3. The minimum atomic E-state index is 0.230. The van der Waals surface area contributed by atoms with Crippen molar-refractivity contribution in [2.45, 2.75) is 45.4 Å². The highest BCUT2D eigenvalue weighted by Gasteiger charge is 2.20. The van der Waals surface area contributed by atoms with Gasteiger partial charge in [0.15, 0.2) is 0 Å². The van der Waals surface area contributed by atoms with Gasteiger partial charge >= 0.3 is 0 Å². The Morgan fingerprint density at radius 2 is 2.17 bits per heavy atom. The smallest absolute Gasteiger partial charge is 0.232 e. The van der Waals surface area contributed by atoms with Crippen molar-refractivity contribution < 1.29 is 9.47 Å². The average molecular weight is 251 g/mol. The Morgan fingerprint density at radius 3 is 2.89 bits per heavy atom. The van der Waals surface area contributed by atoms with E-state index < -0.39 is 0 Å². The van der Waals surface area contributed by atoms with Crippen molar-refractivity contribution >= 4 is 0 Å². The van der Waals surface area contributed by atoms with E-state index in [1.54, 1.807) is 12.4 Å². The van der Waals surface area contributed by atoms with E-state index in [1.807, 2.05) is 13.8 Å². The zero-order valence-electron chi connectivity index (χ0n) is 11.1. The summed E-state index contributed by atoms with van der Waals surface area (Å²) in [6.45, 7) is 5.85. The lowest BCUT2D eigenvalue weighted by Gasteiger charge is -2.09. The van der Waals surface area contributed by atoms with Crippen molar-refractivity contribution in [3.8, 4) is 5.88 Å². The van der Waals surface area contributed by atoms with E-state index in [0.29, 0.717) is 25.1 Å². The Labute approximate surface area is 108 Å². The molecule has 0 saturated heterocycles. The number of nitrogens with zero attached hydrogens (tertiary/aromatic N) is 2. The topological polar surface area (TPSA) is 56.3 Å². The first-order valence-electron chi connectivity index (χ1n) is 6.53. The summed E-state index contributed by atoms with van der Waals surface area (Å²) in [5.74, 6) is 0.567. The van der Waals surface area contributed by atoms with Crippen molar-refractivity contribution in [2.24, 2.45) is 0 Å². The highest BCUT2D eigenvalue weighted by molar-refractivity contribution is 5.08. The maximum Gasteiger partial charge on any atom is 0.232 e. The van der Waals surface area contributed by atoms with Crippen LogP contribution in [-0.2, 0) is 11.3 Å². The summed E-state index contributed by atoms with van der Waals surface area (Å²) in [4.78, 5) is 8.51. The lowest BCUT2D eigenvalue weighted by molar-refractivity contribution is 0.0541. The van der Waals surface area contributed by atoms with Gasteiger partial charge in [0.25, 0.3) is 0 Å². The zero-order chi connectivity index (χ0) is 12.8. The first-order valence-corrected chi connectivity index (χ1v) is 6.53. The molecule has 0 atom stereocenters. The fourth-order valence-electron chi connectivity index (χ4n) is 1.51. The van der Waals surface area contributed by atoms with Crippen molar-refractivity contribution in [3.05, 3.63) is 18.1 Å². The Hall–Kier alpha value is -1.20. The molecule has 0 radical (unpaired) electrons. The van der Waals surface area contributed by atoms with Crippen LogP contribution < -0.4 is 10.1 Å². The van der Waals surface area contributed by atoms with Gasteiger partial charge in [-0.2, -0.15) is 0 Å². The van der Waals surface area contributed by atoms with E-state index >= 15 is 0 Å². The van der Waals surface area contributed by atoms with Crippen LogP contribution in [0.15, 0.2) is 12.4 Å². The molecule has 1 aliphatic carbocycles. The molecule has 0 unspecified atom stereocenters. The number of hydrogen-bond donors (Lipinski definition) is 1. The molecule has 0 amide bonds. The zero-order valence-corrected chi connectivity index (χ0v) is 11.1. The molecule has 5 heteroatoms. The third kappa shape index (κ3) is 4.98. The van der Waals surface area contributed by atoms with E-state index in [4.69, 9.17) is 9.47 Å². The van der Waals surface area contributed by atoms with Crippen LogP contribution in [0.2, 0.25) is 0 Å². The average Bonchev–Trinajstić information content (AvgIpc) is 3.17. The molecule has 1 aromatic heterocycles. The van der Waals surface area contributed by atoms with Crippen LogP contribution in [0, 0.1) is 0 Å². The van der Waals surface area contributed by atoms with Gasteiger partial charge in [0.1, 0.15) is 6.61 Å². The normalized spacial score (nSPS) is 15.1. The lowest BCUT2D eigenvalue weighted by atomic mass is 10.4. The molecular formula is C13H21N3O2. The highest BCUT2D eigenvalue weighted by atomic mass is 16.5. The summed E-state index contributed by atoms with van der Waals surface area (Å²) >= 11 is 0. The molecule has 1 aliphatic rings. The number of rotatable bonds is 8. The van der Waals surface area contributed by atoms with Gasteiger partial charge in [-0.25, -0.2) is 4.98 Å². The van der Waals surface area contributed by atoms with Crippen LogP contribution in [0.3, 0.4) is 0 Å². The Balaban J connectivity index is 1.71. The number of hydrogen-bond acceptors (Lipinski definition) is 5. The fourth-order valence-corrected chi connectivity index (χ4v) is 1.51. The third-order valence-electron chi connectivity index (χ3n) is 2.60. The Kier molecular flexibility index (Phi) is 4.90. The summed E-state index contributed by atoms with van der Waals surface area (Å²) in [7, 11) is 0. The third-order valence-corrected chi connectivity index (χ3v) is 2.60. The second-order valence-corrected chi connectivity index (χ2v) is 4.77. The first kappa shape index (κ1) is 13.2. The minimum absolute atomic E-state index is 0.230.